The van der Waals surface area contributed by atoms with Crippen molar-refractivity contribution in [1.82, 2.24) is 0 Å². The van der Waals surface area contributed by atoms with E-state index >= 15 is 0 Å². The van der Waals surface area contributed by atoms with Gasteiger partial charge in [-0.15, -0.1) is 0 Å². The first-order valence-electron chi connectivity index (χ1n) is 42.0. The van der Waals surface area contributed by atoms with E-state index < -0.39 is 97.5 Å². The highest BCUT2D eigenvalue weighted by molar-refractivity contribution is 7.47. The second kappa shape index (κ2) is 82.4. The number of hydrogen-bond acceptors (Lipinski definition) is 15. The van der Waals surface area contributed by atoms with Crippen molar-refractivity contribution in [2.75, 3.05) is 39.6 Å². The van der Waals surface area contributed by atoms with Crippen LogP contribution in [0.2, 0.25) is 0 Å². The fraction of sp³-hybridized carbons (Fsp3) is 0.570. The van der Waals surface area contributed by atoms with E-state index in [1.54, 1.807) is 0 Å². The monoisotopic (exact) mass is 1600 g/mol. The molecule has 0 saturated heterocycles. The third-order valence-corrected chi connectivity index (χ3v) is 18.3. The molecule has 0 heterocycles. The summed E-state index contributed by atoms with van der Waals surface area (Å²) in [4.78, 5) is 73.1. The fourth-order valence-electron chi connectivity index (χ4n) is 10.1. The Balaban J connectivity index is 5.62. The summed E-state index contributed by atoms with van der Waals surface area (Å²) < 4.78 is 68.5. The van der Waals surface area contributed by atoms with Crippen molar-refractivity contribution in [2.45, 2.75) is 303 Å². The zero-order valence-corrected chi connectivity index (χ0v) is 70.8. The molecule has 0 saturated carbocycles. The summed E-state index contributed by atoms with van der Waals surface area (Å²) in [6.45, 7) is 4.32. The van der Waals surface area contributed by atoms with Gasteiger partial charge in [-0.05, 0) is 167 Å². The number of aliphatic hydroxyl groups excluding tert-OH is 1. The summed E-state index contributed by atoms with van der Waals surface area (Å²) in [5, 5.41) is 10.7. The minimum absolute atomic E-state index is 0.0109. The summed E-state index contributed by atoms with van der Waals surface area (Å²) in [7, 11) is -10.1. The van der Waals surface area contributed by atoms with E-state index in [2.05, 4.69) is 192 Å². The first-order chi connectivity index (χ1) is 54.7. The lowest BCUT2D eigenvalue weighted by atomic mass is 10.1. The first kappa shape index (κ1) is 105. The van der Waals surface area contributed by atoms with Gasteiger partial charge < -0.3 is 33.8 Å². The third-order valence-electron chi connectivity index (χ3n) is 16.4. The van der Waals surface area contributed by atoms with Crippen molar-refractivity contribution in [1.29, 1.82) is 0 Å². The van der Waals surface area contributed by atoms with Crippen molar-refractivity contribution < 1.29 is 80.2 Å². The highest BCUT2D eigenvalue weighted by Crippen LogP contribution is 2.45. The molecule has 5 atom stereocenters. The first-order valence-corrected chi connectivity index (χ1v) is 45.0. The molecule has 2 unspecified atom stereocenters. The molecular weight excluding hydrogens is 1450 g/mol. The van der Waals surface area contributed by atoms with Crippen molar-refractivity contribution in [3.05, 3.63) is 219 Å². The van der Waals surface area contributed by atoms with Gasteiger partial charge in [0.15, 0.2) is 12.2 Å². The van der Waals surface area contributed by atoms with Gasteiger partial charge in [-0.2, -0.15) is 0 Å². The van der Waals surface area contributed by atoms with E-state index in [4.69, 9.17) is 37.0 Å². The van der Waals surface area contributed by atoms with Crippen LogP contribution in [0.4, 0.5) is 0 Å². The molecule has 0 aromatic rings. The number of phosphoric acid groups is 2. The number of esters is 4. The number of rotatable bonds is 76. The largest absolute Gasteiger partial charge is 0.472 e. The van der Waals surface area contributed by atoms with Gasteiger partial charge in [0.05, 0.1) is 26.4 Å². The smallest absolute Gasteiger partial charge is 0.462 e. The number of unbranched alkanes of at least 4 members (excludes halogenated alkanes) is 14. The zero-order valence-electron chi connectivity index (χ0n) is 69.0. The average molecular weight is 1600 g/mol. The topological polar surface area (TPSA) is 237 Å². The van der Waals surface area contributed by atoms with Crippen LogP contribution in [-0.2, 0) is 65.4 Å². The molecule has 112 heavy (non-hydrogen) atoms. The fourth-order valence-corrected chi connectivity index (χ4v) is 11.7. The van der Waals surface area contributed by atoms with E-state index in [0.29, 0.717) is 44.9 Å². The average Bonchev–Trinajstić information content (AvgIpc) is 0.907. The second-order valence-electron chi connectivity index (χ2n) is 26.9. The van der Waals surface area contributed by atoms with Gasteiger partial charge in [0.1, 0.15) is 19.3 Å². The lowest BCUT2D eigenvalue weighted by Crippen LogP contribution is -2.30. The molecule has 0 spiro atoms. The molecule has 0 fully saturated rings. The van der Waals surface area contributed by atoms with E-state index in [1.165, 1.54) is 44.9 Å². The molecule has 0 aliphatic rings. The van der Waals surface area contributed by atoms with Crippen LogP contribution in [0.3, 0.4) is 0 Å². The summed E-state index contributed by atoms with van der Waals surface area (Å²) in [5.41, 5.74) is 0. The van der Waals surface area contributed by atoms with Crippen LogP contribution in [0, 0.1) is 0 Å². The van der Waals surface area contributed by atoms with E-state index in [1.807, 2.05) is 54.7 Å². The minimum Gasteiger partial charge on any atom is -0.462 e. The van der Waals surface area contributed by atoms with Crippen LogP contribution < -0.4 is 0 Å². The molecule has 0 aliphatic heterocycles. The van der Waals surface area contributed by atoms with Crippen LogP contribution in [-0.4, -0.2) is 96.7 Å². The Morgan fingerprint density at radius 2 is 0.482 bits per heavy atom. The van der Waals surface area contributed by atoms with Crippen LogP contribution in [0.15, 0.2) is 219 Å². The molecule has 0 rings (SSSR count). The maximum Gasteiger partial charge on any atom is 0.472 e. The normalized spacial score (nSPS) is 14.9. The number of carbonyl (C=O) groups excluding carboxylic acids is 4. The number of aliphatic hydroxyl groups is 1. The van der Waals surface area contributed by atoms with Gasteiger partial charge in [-0.25, -0.2) is 9.13 Å². The summed E-state index contributed by atoms with van der Waals surface area (Å²) >= 11 is 0. The molecule has 0 aromatic carbocycles. The Hall–Kier alpha value is -6.62. The van der Waals surface area contributed by atoms with Crippen molar-refractivity contribution >= 4 is 39.5 Å². The van der Waals surface area contributed by atoms with Crippen LogP contribution >= 0.6 is 15.6 Å². The van der Waals surface area contributed by atoms with Gasteiger partial charge in [-0.3, -0.25) is 37.3 Å². The molecule has 3 N–H and O–H groups in total. The van der Waals surface area contributed by atoms with Crippen LogP contribution in [0.1, 0.15) is 285 Å². The number of phosphoric ester groups is 2. The van der Waals surface area contributed by atoms with Crippen molar-refractivity contribution in [2.24, 2.45) is 0 Å². The molecule has 0 radical (unpaired) electrons. The lowest BCUT2D eigenvalue weighted by Gasteiger charge is -2.21. The second-order valence-corrected chi connectivity index (χ2v) is 29.8. The Kier molecular flexibility index (Phi) is 77.5. The van der Waals surface area contributed by atoms with Gasteiger partial charge >= 0.3 is 39.5 Å². The van der Waals surface area contributed by atoms with Crippen LogP contribution in [0.5, 0.6) is 0 Å². The quantitative estimate of drug-likeness (QED) is 0.0169. The van der Waals surface area contributed by atoms with E-state index in [-0.39, 0.29) is 25.7 Å². The summed E-state index contributed by atoms with van der Waals surface area (Å²) in [6, 6.07) is 0. The molecule has 19 heteroatoms. The predicted molar refractivity (Wildman–Crippen MR) is 463 cm³/mol. The standard InChI is InChI=1S/C93H146O17P2/c1-5-9-13-17-21-25-29-33-37-40-43-46-50-54-58-62-66-70-74-78-91(96)104-84-89(110-93(98)80-76-72-68-64-60-56-52-48-45-42-39-35-31-27-23-19-15-11-7-3)86-108-112(101,102)106-82-87(94)81-105-111(99,100)107-85-88(83-103-90(95)77-73-69-65-61-57-53-49-36-32-28-24-20-16-12-8-4)109-92(97)79-75-71-67-63-59-55-51-47-44-41-38-34-30-26-22-18-14-10-6-2/h10-11,14-15,21-23,25-28,32-35,37-39,43-48,54-56,58-60,66-68,70-72,87-89,94H,5-9,12-13,16-20,24,29-31,36,40-42,49-53,57,61-65,69,73-86H2,1-4H3,(H,99,100)(H,101,102)/b14-10-,15-11-,25-21-,26-22-,27-23-,32-28-,37-33-,38-34-,39-35-,46-43-,47-44-,48-45-,58-54-,59-55-,60-56-,70-66-,71-67-,72-68-/t87-,88+,89+/m0/s1. The Morgan fingerprint density at radius 3 is 0.795 bits per heavy atom. The van der Waals surface area contributed by atoms with Gasteiger partial charge in [0.25, 0.3) is 0 Å². The lowest BCUT2D eigenvalue weighted by molar-refractivity contribution is -0.161. The van der Waals surface area contributed by atoms with Crippen molar-refractivity contribution in [3.63, 3.8) is 0 Å². The predicted octanol–water partition coefficient (Wildman–Crippen LogP) is 25.2. The number of hydrogen-bond donors (Lipinski definition) is 3. The highest BCUT2D eigenvalue weighted by Gasteiger charge is 2.30. The van der Waals surface area contributed by atoms with Crippen LogP contribution in [0.25, 0.3) is 0 Å². The molecule has 0 amide bonds. The number of allylic oxidation sites excluding steroid dienone is 36. The Morgan fingerprint density at radius 1 is 0.259 bits per heavy atom. The molecule has 17 nitrogen and oxygen atoms in total. The highest BCUT2D eigenvalue weighted by atomic mass is 31.2. The van der Waals surface area contributed by atoms with Gasteiger partial charge in [0, 0.05) is 25.7 Å². The van der Waals surface area contributed by atoms with Gasteiger partial charge in [0.2, 0.25) is 0 Å². The maximum atomic E-state index is 13.1. The Labute approximate surface area is 677 Å². The number of carbonyl (C=O) groups is 4. The Bertz CT molecular complexity index is 2990. The van der Waals surface area contributed by atoms with E-state index in [9.17, 15) is 43.2 Å². The molecule has 630 valence electrons. The third kappa shape index (κ3) is 81.4. The molecular formula is C93H146O17P2. The van der Waals surface area contributed by atoms with Gasteiger partial charge in [-0.1, -0.05) is 311 Å². The summed E-state index contributed by atoms with van der Waals surface area (Å²) in [6.07, 6.45) is 105. The summed E-state index contributed by atoms with van der Waals surface area (Å²) in [5.74, 6) is -2.50. The SMILES string of the molecule is CC/C=C\C/C=C\C/C=C\C/C=C\C/C=C\C/C=C\CCC(=O)O[C@H](COC(=O)CC/C=C\C/C=C\C/C=C\C/C=C\C/C=C\CCCCC)COP(=O)(O)OC[C@@H](O)COP(=O)(O)OC[C@@H](COC(=O)CCCCCCCCC/C=C\CCCCCC)OC(=O)CC/C=C\C/C=C\C/C=C\C/C=C\C/C=C\C/C=C\CC. The minimum atomic E-state index is -5.04. The molecule has 0 aromatic heterocycles. The molecule has 0 bridgehead atoms. The molecule has 0 aliphatic carbocycles. The maximum absolute atomic E-state index is 13.1. The zero-order chi connectivity index (χ0) is 81.7. The number of ether oxygens (including phenoxy) is 4. The van der Waals surface area contributed by atoms with Crippen molar-refractivity contribution in [3.8, 4) is 0 Å². The van der Waals surface area contributed by atoms with E-state index in [0.717, 1.165) is 141 Å².